The Balaban J connectivity index is 1.76. The van der Waals surface area contributed by atoms with E-state index in [1.165, 1.54) is 65.0 Å². The van der Waals surface area contributed by atoms with Crippen LogP contribution >= 0.6 is 0 Å². The number of rotatable bonds is 1. The van der Waals surface area contributed by atoms with Gasteiger partial charge in [0.2, 0.25) is 0 Å². The highest BCUT2D eigenvalue weighted by atomic mass is 14.2. The summed E-state index contributed by atoms with van der Waals surface area (Å²) >= 11 is 0. The van der Waals surface area contributed by atoms with Crippen molar-refractivity contribution < 1.29 is 0 Å². The van der Waals surface area contributed by atoms with Crippen molar-refractivity contribution in [2.45, 2.75) is 0 Å². The molecule has 0 saturated carbocycles. The lowest BCUT2D eigenvalue weighted by Crippen LogP contribution is -1.89. The molecule has 0 aliphatic heterocycles. The zero-order valence-corrected chi connectivity index (χ0v) is 17.5. The zero-order valence-electron chi connectivity index (χ0n) is 17.5. The fourth-order valence-electron chi connectivity index (χ4n) is 5.30. The molecule has 7 rings (SSSR count). The molecule has 0 aliphatic carbocycles. The molecule has 0 spiro atoms. The highest BCUT2D eigenvalue weighted by Crippen LogP contribution is 2.42. The molecular formula is C32H20. The molecule has 0 bridgehead atoms. The lowest BCUT2D eigenvalue weighted by atomic mass is 9.87. The molecule has 7 aromatic rings. The van der Waals surface area contributed by atoms with E-state index in [9.17, 15) is 0 Å². The summed E-state index contributed by atoms with van der Waals surface area (Å²) in [6, 6.07) is 44.4. The molecule has 0 radical (unpaired) electrons. The first kappa shape index (κ1) is 17.5. The lowest BCUT2D eigenvalue weighted by molar-refractivity contribution is 1.72. The Morgan fingerprint density at radius 3 is 1.69 bits per heavy atom. The fraction of sp³-hybridized carbons (Fsp3) is 0. The number of hydrogen-bond donors (Lipinski definition) is 0. The predicted molar refractivity (Wildman–Crippen MR) is 139 cm³/mol. The zero-order chi connectivity index (χ0) is 21.1. The minimum Gasteiger partial charge on any atom is -0.0616 e. The van der Waals surface area contributed by atoms with Crippen LogP contribution in [0.25, 0.3) is 65.0 Å². The van der Waals surface area contributed by atoms with Crippen LogP contribution in [0, 0.1) is 0 Å². The summed E-state index contributed by atoms with van der Waals surface area (Å²) in [6.45, 7) is 0. The molecule has 0 amide bonds. The van der Waals surface area contributed by atoms with E-state index in [0.29, 0.717) is 0 Å². The van der Waals surface area contributed by atoms with Gasteiger partial charge in [-0.1, -0.05) is 103 Å². The SMILES string of the molecule is c1ccc2cc3c(-c4cccc5ccccc45)c4ccc5ccccc5c4cc3cc2c1. The lowest BCUT2D eigenvalue weighted by Gasteiger charge is -2.16. The number of fused-ring (bicyclic) bond motifs is 6. The van der Waals surface area contributed by atoms with Gasteiger partial charge in [-0.25, -0.2) is 0 Å². The van der Waals surface area contributed by atoms with Gasteiger partial charge in [-0.2, -0.15) is 0 Å². The molecule has 148 valence electrons. The van der Waals surface area contributed by atoms with Gasteiger partial charge in [0.1, 0.15) is 0 Å². The molecule has 0 fully saturated rings. The Morgan fingerprint density at radius 1 is 0.281 bits per heavy atom. The van der Waals surface area contributed by atoms with Crippen LogP contribution in [0.1, 0.15) is 0 Å². The van der Waals surface area contributed by atoms with Crippen molar-refractivity contribution >= 4 is 53.9 Å². The van der Waals surface area contributed by atoms with Gasteiger partial charge in [0.15, 0.2) is 0 Å². The molecule has 0 heterocycles. The van der Waals surface area contributed by atoms with E-state index in [2.05, 4.69) is 121 Å². The first-order valence-corrected chi connectivity index (χ1v) is 11.1. The Hall–Kier alpha value is -4.16. The summed E-state index contributed by atoms with van der Waals surface area (Å²) in [5, 5.41) is 12.9. The Kier molecular flexibility index (Phi) is 3.65. The minimum absolute atomic E-state index is 1.27. The van der Waals surface area contributed by atoms with E-state index in [1.54, 1.807) is 0 Å². The molecule has 32 heavy (non-hydrogen) atoms. The van der Waals surface area contributed by atoms with E-state index < -0.39 is 0 Å². The van der Waals surface area contributed by atoms with Crippen LogP contribution in [0.5, 0.6) is 0 Å². The van der Waals surface area contributed by atoms with Crippen LogP contribution in [-0.2, 0) is 0 Å². The molecule has 0 aromatic heterocycles. The predicted octanol–water partition coefficient (Wildman–Crippen LogP) is 9.12. The first-order chi connectivity index (χ1) is 15.9. The van der Waals surface area contributed by atoms with Crippen LogP contribution in [0.15, 0.2) is 121 Å². The molecular weight excluding hydrogens is 384 g/mol. The molecule has 0 atom stereocenters. The molecule has 0 saturated heterocycles. The monoisotopic (exact) mass is 404 g/mol. The van der Waals surface area contributed by atoms with Crippen LogP contribution in [0.4, 0.5) is 0 Å². The first-order valence-electron chi connectivity index (χ1n) is 11.1. The largest absolute Gasteiger partial charge is 0.0616 e. The molecule has 0 heteroatoms. The normalized spacial score (nSPS) is 11.8. The number of benzene rings is 7. The molecule has 7 aromatic carbocycles. The number of hydrogen-bond acceptors (Lipinski definition) is 0. The maximum Gasteiger partial charge on any atom is -0.00201 e. The maximum atomic E-state index is 2.38. The summed E-state index contributed by atoms with van der Waals surface area (Å²) in [7, 11) is 0. The van der Waals surface area contributed by atoms with E-state index in [0.717, 1.165) is 0 Å². The van der Waals surface area contributed by atoms with Gasteiger partial charge in [-0.3, -0.25) is 0 Å². The second-order valence-corrected chi connectivity index (χ2v) is 8.58. The van der Waals surface area contributed by atoms with Crippen LogP contribution < -0.4 is 0 Å². The summed E-state index contributed by atoms with van der Waals surface area (Å²) in [6.07, 6.45) is 0. The highest BCUT2D eigenvalue weighted by molar-refractivity contribution is 6.23. The van der Waals surface area contributed by atoms with Crippen molar-refractivity contribution in [2.24, 2.45) is 0 Å². The average Bonchev–Trinajstić information content (AvgIpc) is 2.86. The Labute approximate surface area is 186 Å². The van der Waals surface area contributed by atoms with Gasteiger partial charge in [-0.05, 0) is 83.2 Å². The maximum absolute atomic E-state index is 2.38. The van der Waals surface area contributed by atoms with E-state index in [1.807, 2.05) is 0 Å². The standard InChI is InChI=1S/C32H20/c1-2-11-24-19-30-25(18-23(24)10-1)20-31-27-14-6-4-9-22(27)16-17-29(31)32(30)28-15-7-12-21-8-3-5-13-26(21)28/h1-20H. The summed E-state index contributed by atoms with van der Waals surface area (Å²) in [4.78, 5) is 0. The third kappa shape index (κ3) is 2.50. The smallest absolute Gasteiger partial charge is 0.00201 e. The van der Waals surface area contributed by atoms with Gasteiger partial charge < -0.3 is 0 Å². The van der Waals surface area contributed by atoms with Crippen molar-refractivity contribution in [3.63, 3.8) is 0 Å². The van der Waals surface area contributed by atoms with Gasteiger partial charge >= 0.3 is 0 Å². The van der Waals surface area contributed by atoms with Crippen molar-refractivity contribution in [3.8, 4) is 11.1 Å². The van der Waals surface area contributed by atoms with Gasteiger partial charge in [0.05, 0.1) is 0 Å². The Bertz CT molecular complexity index is 1810. The van der Waals surface area contributed by atoms with E-state index in [-0.39, 0.29) is 0 Å². The van der Waals surface area contributed by atoms with Gasteiger partial charge in [-0.15, -0.1) is 0 Å². The third-order valence-corrected chi connectivity index (χ3v) is 6.79. The van der Waals surface area contributed by atoms with Crippen LogP contribution in [-0.4, -0.2) is 0 Å². The van der Waals surface area contributed by atoms with Crippen molar-refractivity contribution in [1.82, 2.24) is 0 Å². The second-order valence-electron chi connectivity index (χ2n) is 8.58. The summed E-state index contributed by atoms with van der Waals surface area (Å²) < 4.78 is 0. The van der Waals surface area contributed by atoms with Gasteiger partial charge in [0.25, 0.3) is 0 Å². The van der Waals surface area contributed by atoms with Crippen molar-refractivity contribution in [2.75, 3.05) is 0 Å². The summed E-state index contributed by atoms with van der Waals surface area (Å²) in [5.74, 6) is 0. The minimum atomic E-state index is 1.27. The van der Waals surface area contributed by atoms with Crippen molar-refractivity contribution in [1.29, 1.82) is 0 Å². The van der Waals surface area contributed by atoms with Crippen LogP contribution in [0.2, 0.25) is 0 Å². The van der Waals surface area contributed by atoms with Gasteiger partial charge in [0, 0.05) is 0 Å². The highest BCUT2D eigenvalue weighted by Gasteiger charge is 2.15. The van der Waals surface area contributed by atoms with E-state index in [4.69, 9.17) is 0 Å². The molecule has 0 N–H and O–H groups in total. The topological polar surface area (TPSA) is 0 Å². The second kappa shape index (κ2) is 6.67. The van der Waals surface area contributed by atoms with E-state index >= 15 is 0 Å². The quantitative estimate of drug-likeness (QED) is 0.189. The summed E-state index contributed by atoms with van der Waals surface area (Å²) in [5.41, 5.74) is 2.62. The Morgan fingerprint density at radius 2 is 0.875 bits per heavy atom. The fourth-order valence-corrected chi connectivity index (χ4v) is 5.30. The van der Waals surface area contributed by atoms with Crippen LogP contribution in [0.3, 0.4) is 0 Å². The molecule has 0 aliphatic rings. The third-order valence-electron chi connectivity index (χ3n) is 6.79. The average molecular weight is 405 g/mol. The molecule has 0 unspecified atom stereocenters. The van der Waals surface area contributed by atoms with Crippen molar-refractivity contribution in [3.05, 3.63) is 121 Å². The molecule has 0 nitrogen and oxygen atoms in total.